The summed E-state index contributed by atoms with van der Waals surface area (Å²) in [7, 11) is 1.62. The van der Waals surface area contributed by atoms with Crippen LogP contribution < -0.4 is 26.2 Å². The molecule has 3 aromatic rings. The Balaban J connectivity index is 1.52. The largest absolute Gasteiger partial charge is 0.496 e. The summed E-state index contributed by atoms with van der Waals surface area (Å²) >= 11 is 0. The molecular weight excluding hydrogens is 444 g/mol. The number of carbonyl (C=O) groups excluding carboxylic acids is 1. The van der Waals surface area contributed by atoms with Crippen molar-refractivity contribution in [1.29, 1.82) is 0 Å². The number of rotatable bonds is 7. The summed E-state index contributed by atoms with van der Waals surface area (Å²) in [6, 6.07) is 17.0. The van der Waals surface area contributed by atoms with Gasteiger partial charge in [0.25, 0.3) is 5.56 Å². The highest BCUT2D eigenvalue weighted by Crippen LogP contribution is 2.25. The number of hydrogen-bond acceptors (Lipinski definition) is 5. The van der Waals surface area contributed by atoms with Gasteiger partial charge in [0.2, 0.25) is 5.91 Å². The highest BCUT2D eigenvalue weighted by Gasteiger charge is 2.29. The fourth-order valence-electron chi connectivity index (χ4n) is 4.80. The number of nitrogens with one attached hydrogen (secondary N) is 1. The van der Waals surface area contributed by atoms with Gasteiger partial charge in [-0.2, -0.15) is 0 Å². The van der Waals surface area contributed by atoms with Crippen LogP contribution in [-0.2, 0) is 17.9 Å². The number of amides is 1. The number of carbonyl (C=O) groups is 1. The van der Waals surface area contributed by atoms with E-state index in [1.165, 1.54) is 4.57 Å². The quantitative estimate of drug-likeness (QED) is 0.567. The van der Waals surface area contributed by atoms with Crippen molar-refractivity contribution in [1.82, 2.24) is 14.5 Å². The molecule has 2 heterocycles. The molecule has 1 fully saturated rings. The molecule has 4 rings (SSSR count). The summed E-state index contributed by atoms with van der Waals surface area (Å²) in [6.07, 6.45) is 1.26. The van der Waals surface area contributed by atoms with Gasteiger partial charge < -0.3 is 15.0 Å². The van der Waals surface area contributed by atoms with Crippen LogP contribution in [0.4, 0.5) is 5.69 Å². The smallest absolute Gasteiger partial charge is 0.335 e. The van der Waals surface area contributed by atoms with E-state index in [0.717, 1.165) is 17.0 Å². The lowest BCUT2D eigenvalue weighted by molar-refractivity contribution is -0.125. The normalized spacial score (nSPS) is 14.1. The Bertz CT molecular complexity index is 1300. The van der Waals surface area contributed by atoms with Crippen LogP contribution in [0.5, 0.6) is 5.75 Å². The number of hydrogen-bond donors (Lipinski definition) is 1. The Kier molecular flexibility index (Phi) is 7.39. The standard InChI is InChI=1S/C27H32N4O4/c1-4-30-26(33)24(19(2)31(27(30)34)22-11-6-5-7-12-22)29-16-14-20(15-17-29)25(32)28-18-21-10-8-9-13-23(21)35-3/h5-13,20H,4,14-18H2,1-3H3,(H,28,32). The number of aromatic nitrogens is 2. The maximum atomic E-state index is 13.3. The van der Waals surface area contributed by atoms with Gasteiger partial charge in [-0.25, -0.2) is 4.79 Å². The van der Waals surface area contributed by atoms with Crippen LogP contribution in [0.1, 0.15) is 31.0 Å². The number of ether oxygens (including phenoxy) is 1. The first-order chi connectivity index (χ1) is 17.0. The Morgan fingerprint density at radius 1 is 1.03 bits per heavy atom. The van der Waals surface area contributed by atoms with Gasteiger partial charge in [-0.3, -0.25) is 18.7 Å². The lowest BCUT2D eigenvalue weighted by Gasteiger charge is -2.34. The second-order valence-corrected chi connectivity index (χ2v) is 8.73. The van der Waals surface area contributed by atoms with E-state index < -0.39 is 0 Å². The third kappa shape index (κ3) is 4.87. The van der Waals surface area contributed by atoms with Crippen LogP contribution in [0.25, 0.3) is 5.69 Å². The zero-order valence-electron chi connectivity index (χ0n) is 20.5. The number of anilines is 1. The van der Waals surface area contributed by atoms with E-state index in [1.807, 2.05) is 66.4 Å². The van der Waals surface area contributed by atoms with Crippen LogP contribution in [-0.4, -0.2) is 35.2 Å². The van der Waals surface area contributed by atoms with E-state index in [2.05, 4.69) is 5.32 Å². The molecular formula is C27H32N4O4. The molecule has 1 amide bonds. The molecule has 0 bridgehead atoms. The molecule has 35 heavy (non-hydrogen) atoms. The van der Waals surface area contributed by atoms with Crippen LogP contribution >= 0.6 is 0 Å². The van der Waals surface area contributed by atoms with Crippen molar-refractivity contribution < 1.29 is 9.53 Å². The monoisotopic (exact) mass is 476 g/mol. The van der Waals surface area contributed by atoms with Crippen LogP contribution in [0, 0.1) is 12.8 Å². The zero-order valence-corrected chi connectivity index (χ0v) is 20.5. The summed E-state index contributed by atoms with van der Waals surface area (Å²) in [6.45, 7) is 5.46. The van der Waals surface area contributed by atoms with Gasteiger partial charge >= 0.3 is 5.69 Å². The molecule has 0 spiro atoms. The number of benzene rings is 2. The topological polar surface area (TPSA) is 85.6 Å². The SMILES string of the molecule is CCn1c(=O)c(N2CCC(C(=O)NCc3ccccc3OC)CC2)c(C)n(-c2ccccc2)c1=O. The van der Waals surface area contributed by atoms with E-state index in [0.29, 0.717) is 50.4 Å². The molecule has 1 aromatic heterocycles. The maximum Gasteiger partial charge on any atom is 0.335 e. The minimum absolute atomic E-state index is 0.00695. The summed E-state index contributed by atoms with van der Waals surface area (Å²) < 4.78 is 8.25. The lowest BCUT2D eigenvalue weighted by atomic mass is 9.95. The molecule has 1 saturated heterocycles. The molecule has 0 atom stereocenters. The molecule has 1 N–H and O–H groups in total. The molecule has 2 aromatic carbocycles. The van der Waals surface area contributed by atoms with E-state index in [9.17, 15) is 14.4 Å². The third-order valence-electron chi connectivity index (χ3n) is 6.71. The van der Waals surface area contributed by atoms with Crippen molar-refractivity contribution in [3.63, 3.8) is 0 Å². The van der Waals surface area contributed by atoms with E-state index in [-0.39, 0.29) is 23.1 Å². The minimum Gasteiger partial charge on any atom is -0.496 e. The van der Waals surface area contributed by atoms with E-state index >= 15 is 0 Å². The number of methoxy groups -OCH3 is 1. The summed E-state index contributed by atoms with van der Waals surface area (Å²) in [5.74, 6) is 0.626. The minimum atomic E-state index is -0.337. The third-order valence-corrected chi connectivity index (χ3v) is 6.71. The van der Waals surface area contributed by atoms with Crippen LogP contribution in [0.3, 0.4) is 0 Å². The predicted molar refractivity (Wildman–Crippen MR) is 136 cm³/mol. The fourth-order valence-corrected chi connectivity index (χ4v) is 4.80. The molecule has 0 aliphatic carbocycles. The van der Waals surface area contributed by atoms with E-state index in [4.69, 9.17) is 4.74 Å². The molecule has 0 saturated carbocycles. The Morgan fingerprint density at radius 2 is 1.69 bits per heavy atom. The van der Waals surface area contributed by atoms with Gasteiger partial charge in [0.15, 0.2) is 0 Å². The fraction of sp³-hybridized carbons (Fsp3) is 0.370. The van der Waals surface area contributed by atoms with Crippen molar-refractivity contribution in [2.75, 3.05) is 25.1 Å². The Labute approximate surface area is 204 Å². The first-order valence-electron chi connectivity index (χ1n) is 12.0. The average Bonchev–Trinajstić information content (AvgIpc) is 2.88. The van der Waals surface area contributed by atoms with Crippen molar-refractivity contribution in [3.8, 4) is 11.4 Å². The second-order valence-electron chi connectivity index (χ2n) is 8.73. The van der Waals surface area contributed by atoms with E-state index in [1.54, 1.807) is 18.6 Å². The number of para-hydroxylation sites is 2. The van der Waals surface area contributed by atoms with Crippen LogP contribution in [0.2, 0.25) is 0 Å². The van der Waals surface area contributed by atoms with Gasteiger partial charge in [0, 0.05) is 37.7 Å². The summed E-state index contributed by atoms with van der Waals surface area (Å²) in [5, 5.41) is 3.03. The number of piperidine rings is 1. The first-order valence-corrected chi connectivity index (χ1v) is 12.0. The van der Waals surface area contributed by atoms with Crippen molar-refractivity contribution in [2.45, 2.75) is 39.8 Å². The Hall–Kier alpha value is -3.81. The highest BCUT2D eigenvalue weighted by molar-refractivity contribution is 5.79. The van der Waals surface area contributed by atoms with Crippen molar-refractivity contribution in [3.05, 3.63) is 86.7 Å². The van der Waals surface area contributed by atoms with Crippen LogP contribution in [0.15, 0.2) is 64.2 Å². The first kappa shape index (κ1) is 24.3. The van der Waals surface area contributed by atoms with Gasteiger partial charge in [0.1, 0.15) is 11.4 Å². The molecule has 0 radical (unpaired) electrons. The Morgan fingerprint density at radius 3 is 2.34 bits per heavy atom. The van der Waals surface area contributed by atoms with Gasteiger partial charge in [0.05, 0.1) is 18.5 Å². The maximum absolute atomic E-state index is 13.3. The average molecular weight is 477 g/mol. The molecule has 1 aliphatic heterocycles. The molecule has 0 unspecified atom stereocenters. The predicted octanol–water partition coefficient (Wildman–Crippen LogP) is 2.87. The lowest BCUT2D eigenvalue weighted by Crippen LogP contribution is -2.47. The molecule has 1 aliphatic rings. The summed E-state index contributed by atoms with van der Waals surface area (Å²) in [5.41, 5.74) is 2.19. The van der Waals surface area contributed by atoms with Gasteiger partial charge in [-0.1, -0.05) is 36.4 Å². The number of nitrogens with zero attached hydrogens (tertiary/aromatic N) is 3. The molecule has 8 heteroatoms. The zero-order chi connectivity index (χ0) is 24.9. The summed E-state index contributed by atoms with van der Waals surface area (Å²) in [4.78, 5) is 41.2. The molecule has 8 nitrogen and oxygen atoms in total. The van der Waals surface area contributed by atoms with Gasteiger partial charge in [-0.05, 0) is 44.9 Å². The van der Waals surface area contributed by atoms with Gasteiger partial charge in [-0.15, -0.1) is 0 Å². The van der Waals surface area contributed by atoms with Crippen molar-refractivity contribution in [2.24, 2.45) is 5.92 Å². The molecule has 184 valence electrons. The highest BCUT2D eigenvalue weighted by atomic mass is 16.5. The second kappa shape index (κ2) is 10.6. The van der Waals surface area contributed by atoms with Crippen molar-refractivity contribution >= 4 is 11.6 Å².